The molecule has 1 aromatic heterocycles. The van der Waals surface area contributed by atoms with Crippen LogP contribution >= 0.6 is 11.8 Å². The SMILES string of the molecule is CC(CNC(=O)CSc1nc2ccccc2c(=O)n1-c1ccc(F)cc1F)c1ccccc1. The molecule has 0 radical (unpaired) electrons. The number of hydrogen-bond acceptors (Lipinski definition) is 4. The number of halogens is 2. The summed E-state index contributed by atoms with van der Waals surface area (Å²) in [4.78, 5) is 30.1. The van der Waals surface area contributed by atoms with Crippen molar-refractivity contribution in [1.29, 1.82) is 0 Å². The van der Waals surface area contributed by atoms with Crippen molar-refractivity contribution in [1.82, 2.24) is 14.9 Å². The number of fused-ring (bicyclic) bond motifs is 1. The van der Waals surface area contributed by atoms with Gasteiger partial charge in [-0.2, -0.15) is 0 Å². The van der Waals surface area contributed by atoms with Crippen LogP contribution in [0.5, 0.6) is 0 Å². The minimum Gasteiger partial charge on any atom is -0.355 e. The molecule has 4 aromatic rings. The van der Waals surface area contributed by atoms with Crippen LogP contribution in [-0.2, 0) is 4.79 Å². The van der Waals surface area contributed by atoms with Gasteiger partial charge in [0.25, 0.3) is 5.56 Å². The number of hydrogen-bond donors (Lipinski definition) is 1. The predicted molar refractivity (Wildman–Crippen MR) is 126 cm³/mol. The van der Waals surface area contributed by atoms with Crippen LogP contribution < -0.4 is 10.9 Å². The number of carbonyl (C=O) groups excluding carboxylic acids is 1. The second kappa shape index (κ2) is 9.95. The Hall–Kier alpha value is -3.52. The van der Waals surface area contributed by atoms with Crippen LogP contribution in [-0.4, -0.2) is 27.8 Å². The van der Waals surface area contributed by atoms with Gasteiger partial charge in [-0.25, -0.2) is 13.8 Å². The van der Waals surface area contributed by atoms with E-state index in [0.29, 0.717) is 23.5 Å². The zero-order chi connectivity index (χ0) is 23.4. The van der Waals surface area contributed by atoms with Gasteiger partial charge in [0.2, 0.25) is 5.91 Å². The van der Waals surface area contributed by atoms with E-state index in [1.165, 1.54) is 6.07 Å². The molecule has 0 spiro atoms. The number of nitrogens with one attached hydrogen (secondary N) is 1. The standard InChI is InChI=1S/C25H21F2N3O2S/c1-16(17-7-3-2-4-8-17)14-28-23(31)15-33-25-29-21-10-6-5-9-19(21)24(32)30(25)22-12-11-18(26)13-20(22)27/h2-13,16H,14-15H2,1H3,(H,28,31). The first-order valence-corrected chi connectivity index (χ1v) is 11.3. The molecule has 0 aliphatic rings. The quantitative estimate of drug-likeness (QED) is 0.318. The predicted octanol–water partition coefficient (Wildman–Crippen LogP) is 4.68. The average Bonchev–Trinajstić information content (AvgIpc) is 2.82. The maximum Gasteiger partial charge on any atom is 0.266 e. The Morgan fingerprint density at radius 1 is 1.06 bits per heavy atom. The zero-order valence-electron chi connectivity index (χ0n) is 17.8. The highest BCUT2D eigenvalue weighted by Gasteiger charge is 2.18. The van der Waals surface area contributed by atoms with Crippen molar-refractivity contribution in [3.8, 4) is 5.69 Å². The Kier molecular flexibility index (Phi) is 6.84. The zero-order valence-corrected chi connectivity index (χ0v) is 18.6. The fraction of sp³-hybridized carbons (Fsp3) is 0.160. The Balaban J connectivity index is 1.58. The summed E-state index contributed by atoms with van der Waals surface area (Å²) in [6.07, 6.45) is 0. The first-order chi connectivity index (χ1) is 15.9. The lowest BCUT2D eigenvalue weighted by Gasteiger charge is -2.15. The molecule has 8 heteroatoms. The summed E-state index contributed by atoms with van der Waals surface area (Å²) in [6, 6.07) is 19.5. The molecule has 1 unspecified atom stereocenters. The average molecular weight is 466 g/mol. The van der Waals surface area contributed by atoms with Crippen molar-refractivity contribution >= 4 is 28.6 Å². The lowest BCUT2D eigenvalue weighted by Crippen LogP contribution is -2.29. The molecule has 0 saturated heterocycles. The Bertz CT molecular complexity index is 1360. The smallest absolute Gasteiger partial charge is 0.266 e. The maximum atomic E-state index is 14.5. The normalized spacial score (nSPS) is 12.0. The first kappa shape index (κ1) is 22.7. The molecule has 33 heavy (non-hydrogen) atoms. The summed E-state index contributed by atoms with van der Waals surface area (Å²) < 4.78 is 29.1. The molecular formula is C25H21F2N3O2S. The monoisotopic (exact) mass is 465 g/mol. The van der Waals surface area contributed by atoms with E-state index in [4.69, 9.17) is 0 Å². The van der Waals surface area contributed by atoms with Gasteiger partial charge < -0.3 is 5.32 Å². The summed E-state index contributed by atoms with van der Waals surface area (Å²) in [7, 11) is 0. The number of benzene rings is 3. The molecule has 0 aliphatic carbocycles. The van der Waals surface area contributed by atoms with E-state index in [9.17, 15) is 18.4 Å². The molecule has 1 heterocycles. The highest BCUT2D eigenvalue weighted by molar-refractivity contribution is 7.99. The van der Waals surface area contributed by atoms with Gasteiger partial charge in [-0.05, 0) is 35.7 Å². The van der Waals surface area contributed by atoms with E-state index < -0.39 is 17.2 Å². The van der Waals surface area contributed by atoms with E-state index in [2.05, 4.69) is 10.3 Å². The Labute approximate surface area is 193 Å². The molecule has 1 N–H and O–H groups in total. The van der Waals surface area contributed by atoms with Crippen LogP contribution in [0.3, 0.4) is 0 Å². The number of rotatable bonds is 7. The topological polar surface area (TPSA) is 64.0 Å². The molecule has 0 aliphatic heterocycles. The van der Waals surface area contributed by atoms with Crippen molar-refractivity contribution in [2.45, 2.75) is 18.0 Å². The second-order valence-electron chi connectivity index (χ2n) is 7.55. The third-order valence-electron chi connectivity index (χ3n) is 5.20. The van der Waals surface area contributed by atoms with Gasteiger partial charge in [0, 0.05) is 12.6 Å². The van der Waals surface area contributed by atoms with Crippen molar-refractivity contribution in [3.63, 3.8) is 0 Å². The molecule has 168 valence electrons. The van der Waals surface area contributed by atoms with Gasteiger partial charge in [0.15, 0.2) is 5.16 Å². The van der Waals surface area contributed by atoms with Crippen LogP contribution in [0, 0.1) is 11.6 Å². The second-order valence-corrected chi connectivity index (χ2v) is 8.49. The molecule has 3 aromatic carbocycles. The fourth-order valence-corrected chi connectivity index (χ4v) is 4.27. The minimum absolute atomic E-state index is 0.0187. The van der Waals surface area contributed by atoms with E-state index in [-0.39, 0.29) is 28.4 Å². The number of para-hydroxylation sites is 1. The van der Waals surface area contributed by atoms with Crippen LogP contribution in [0.2, 0.25) is 0 Å². The summed E-state index contributed by atoms with van der Waals surface area (Å²) in [5.41, 5.74) is 0.927. The van der Waals surface area contributed by atoms with E-state index in [0.717, 1.165) is 28.0 Å². The van der Waals surface area contributed by atoms with Crippen LogP contribution in [0.1, 0.15) is 18.4 Å². The summed E-state index contributed by atoms with van der Waals surface area (Å²) in [5.74, 6) is -1.77. The lowest BCUT2D eigenvalue weighted by molar-refractivity contribution is -0.118. The maximum absolute atomic E-state index is 14.5. The Morgan fingerprint density at radius 3 is 2.55 bits per heavy atom. The summed E-state index contributed by atoms with van der Waals surface area (Å²) in [5, 5.41) is 3.33. The van der Waals surface area contributed by atoms with Gasteiger partial charge in [-0.15, -0.1) is 0 Å². The number of amides is 1. The van der Waals surface area contributed by atoms with Crippen LogP contribution in [0.25, 0.3) is 16.6 Å². The van der Waals surface area contributed by atoms with Crippen molar-refractivity contribution < 1.29 is 13.6 Å². The molecule has 5 nitrogen and oxygen atoms in total. The number of aromatic nitrogens is 2. The number of carbonyl (C=O) groups is 1. The first-order valence-electron chi connectivity index (χ1n) is 10.4. The van der Waals surface area contributed by atoms with Crippen LogP contribution in [0.4, 0.5) is 8.78 Å². The number of thioether (sulfide) groups is 1. The van der Waals surface area contributed by atoms with Crippen LogP contribution in [0.15, 0.2) is 82.7 Å². The third-order valence-corrected chi connectivity index (χ3v) is 6.14. The number of nitrogens with zero attached hydrogens (tertiary/aromatic N) is 2. The highest BCUT2D eigenvalue weighted by Crippen LogP contribution is 2.23. The van der Waals surface area contributed by atoms with Gasteiger partial charge in [-0.3, -0.25) is 14.2 Å². The lowest BCUT2D eigenvalue weighted by atomic mass is 10.0. The van der Waals surface area contributed by atoms with E-state index in [1.807, 2.05) is 37.3 Å². The minimum atomic E-state index is -0.892. The molecule has 0 saturated carbocycles. The van der Waals surface area contributed by atoms with E-state index >= 15 is 0 Å². The highest BCUT2D eigenvalue weighted by atomic mass is 32.2. The van der Waals surface area contributed by atoms with Crippen molar-refractivity contribution in [2.75, 3.05) is 12.3 Å². The largest absolute Gasteiger partial charge is 0.355 e. The summed E-state index contributed by atoms with van der Waals surface area (Å²) in [6.45, 7) is 2.47. The fourth-order valence-electron chi connectivity index (χ4n) is 3.43. The van der Waals surface area contributed by atoms with E-state index in [1.54, 1.807) is 24.3 Å². The van der Waals surface area contributed by atoms with Gasteiger partial charge in [-0.1, -0.05) is 61.2 Å². The molecule has 1 atom stereocenters. The molecule has 0 fully saturated rings. The molecule has 1 amide bonds. The Morgan fingerprint density at radius 2 is 1.79 bits per heavy atom. The van der Waals surface area contributed by atoms with Gasteiger partial charge in [0.1, 0.15) is 11.6 Å². The molecular weight excluding hydrogens is 444 g/mol. The summed E-state index contributed by atoms with van der Waals surface area (Å²) >= 11 is 1.02. The third kappa shape index (κ3) is 5.12. The van der Waals surface area contributed by atoms with Gasteiger partial charge >= 0.3 is 0 Å². The molecule has 0 bridgehead atoms. The van der Waals surface area contributed by atoms with Crippen molar-refractivity contribution in [2.24, 2.45) is 0 Å². The van der Waals surface area contributed by atoms with Gasteiger partial charge in [0.05, 0.1) is 22.3 Å². The molecule has 4 rings (SSSR count). The van der Waals surface area contributed by atoms with Crippen molar-refractivity contribution in [3.05, 3.63) is 100 Å².